The molecule has 1 atom stereocenters. The summed E-state index contributed by atoms with van der Waals surface area (Å²) in [5.74, 6) is -0.309. The monoisotopic (exact) mass is 234 g/mol. The number of hydrogen-bond donors (Lipinski definition) is 1. The summed E-state index contributed by atoms with van der Waals surface area (Å²) in [6, 6.07) is 1.48. The molecule has 5 heteroatoms. The zero-order chi connectivity index (χ0) is 12.4. The van der Waals surface area contributed by atoms with E-state index in [2.05, 4.69) is 4.98 Å². The van der Waals surface area contributed by atoms with E-state index in [1.54, 1.807) is 4.90 Å². The molecule has 1 aromatic rings. The molecule has 0 aromatic carbocycles. The van der Waals surface area contributed by atoms with Gasteiger partial charge in [0.05, 0.1) is 11.8 Å². The Hall–Kier alpha value is -1.91. The molecular formula is C12H14N2O3. The number of aromatic nitrogens is 1. The highest BCUT2D eigenvalue weighted by Gasteiger charge is 2.28. The number of amides is 1. The van der Waals surface area contributed by atoms with Crippen LogP contribution in [-0.2, 0) is 4.79 Å². The Bertz CT molecular complexity index is 459. The fourth-order valence-corrected chi connectivity index (χ4v) is 1.94. The van der Waals surface area contributed by atoms with E-state index in [-0.39, 0.29) is 28.9 Å². The van der Waals surface area contributed by atoms with Gasteiger partial charge in [-0.05, 0) is 6.07 Å². The lowest BCUT2D eigenvalue weighted by Gasteiger charge is -2.30. The van der Waals surface area contributed by atoms with Crippen molar-refractivity contribution >= 4 is 11.7 Å². The largest absolute Gasteiger partial charge is 0.505 e. The molecule has 90 valence electrons. The maximum atomic E-state index is 12.1. The molecule has 0 aliphatic carbocycles. The van der Waals surface area contributed by atoms with E-state index in [0.717, 1.165) is 0 Å². The highest BCUT2D eigenvalue weighted by molar-refractivity contribution is 5.97. The molecule has 0 bridgehead atoms. The molecule has 1 fully saturated rings. The van der Waals surface area contributed by atoms with Crippen molar-refractivity contribution in [1.82, 2.24) is 9.88 Å². The Balaban J connectivity index is 2.16. The standard InChI is InChI=1S/C12H14N2O3/c1-8-7-14(5-3-10(8)15)12(17)9-2-4-13-6-11(9)16/h2,4,6,8,16H,3,5,7H2,1H3. The SMILES string of the molecule is CC1CN(C(=O)c2ccncc2O)CCC1=O. The molecule has 1 unspecified atom stereocenters. The van der Waals surface area contributed by atoms with Crippen LogP contribution in [0, 0.1) is 5.92 Å². The van der Waals surface area contributed by atoms with Gasteiger partial charge in [0.1, 0.15) is 11.5 Å². The number of pyridine rings is 1. The molecule has 5 nitrogen and oxygen atoms in total. The summed E-state index contributed by atoms with van der Waals surface area (Å²) in [4.78, 5) is 28.8. The Morgan fingerprint density at radius 2 is 2.35 bits per heavy atom. The number of ketones is 1. The number of carbonyl (C=O) groups is 2. The van der Waals surface area contributed by atoms with Crippen molar-refractivity contribution in [2.24, 2.45) is 5.92 Å². The topological polar surface area (TPSA) is 70.5 Å². The molecule has 0 spiro atoms. The van der Waals surface area contributed by atoms with Gasteiger partial charge in [-0.2, -0.15) is 0 Å². The van der Waals surface area contributed by atoms with Crippen molar-refractivity contribution in [2.45, 2.75) is 13.3 Å². The van der Waals surface area contributed by atoms with E-state index >= 15 is 0 Å². The molecule has 17 heavy (non-hydrogen) atoms. The third kappa shape index (κ3) is 2.27. The number of carbonyl (C=O) groups excluding carboxylic acids is 2. The van der Waals surface area contributed by atoms with Gasteiger partial charge < -0.3 is 10.0 Å². The lowest BCUT2D eigenvalue weighted by molar-refractivity contribution is -0.124. The second-order valence-corrected chi connectivity index (χ2v) is 4.26. The molecule has 1 saturated heterocycles. The number of piperidine rings is 1. The Morgan fingerprint density at radius 1 is 1.59 bits per heavy atom. The second-order valence-electron chi connectivity index (χ2n) is 4.26. The summed E-state index contributed by atoms with van der Waals surface area (Å²) in [7, 11) is 0. The van der Waals surface area contributed by atoms with Crippen molar-refractivity contribution < 1.29 is 14.7 Å². The van der Waals surface area contributed by atoms with Gasteiger partial charge in [0.2, 0.25) is 0 Å². The van der Waals surface area contributed by atoms with Crippen LogP contribution < -0.4 is 0 Å². The molecule has 0 saturated carbocycles. The van der Waals surface area contributed by atoms with Crippen LogP contribution in [-0.4, -0.2) is 39.8 Å². The third-order valence-corrected chi connectivity index (χ3v) is 2.99. The summed E-state index contributed by atoms with van der Waals surface area (Å²) in [6.07, 6.45) is 3.09. The van der Waals surface area contributed by atoms with E-state index in [1.165, 1.54) is 18.5 Å². The lowest BCUT2D eigenvalue weighted by Crippen LogP contribution is -2.43. The number of aromatic hydroxyl groups is 1. The molecule has 1 aliphatic heterocycles. The van der Waals surface area contributed by atoms with Gasteiger partial charge in [-0.3, -0.25) is 14.6 Å². The van der Waals surface area contributed by atoms with Gasteiger partial charge in [-0.1, -0.05) is 6.92 Å². The number of nitrogens with zero attached hydrogens (tertiary/aromatic N) is 2. The number of hydrogen-bond acceptors (Lipinski definition) is 4. The van der Waals surface area contributed by atoms with Crippen LogP contribution in [0.25, 0.3) is 0 Å². The van der Waals surface area contributed by atoms with E-state index in [0.29, 0.717) is 19.5 Å². The highest BCUT2D eigenvalue weighted by atomic mass is 16.3. The van der Waals surface area contributed by atoms with Gasteiger partial charge in [0.25, 0.3) is 5.91 Å². The Kier molecular flexibility index (Phi) is 3.08. The van der Waals surface area contributed by atoms with Crippen LogP contribution in [0.2, 0.25) is 0 Å². The van der Waals surface area contributed by atoms with Gasteiger partial charge in [-0.15, -0.1) is 0 Å². The molecule has 2 rings (SSSR count). The quantitative estimate of drug-likeness (QED) is 0.781. The van der Waals surface area contributed by atoms with Crippen molar-refractivity contribution in [3.8, 4) is 5.75 Å². The van der Waals surface area contributed by atoms with Crippen molar-refractivity contribution in [3.05, 3.63) is 24.0 Å². The predicted octanol–water partition coefficient (Wildman–Crippen LogP) is 0.838. The van der Waals surface area contributed by atoms with Crippen LogP contribution in [0.15, 0.2) is 18.5 Å². The number of likely N-dealkylation sites (tertiary alicyclic amines) is 1. The van der Waals surface area contributed by atoms with Crippen LogP contribution in [0.3, 0.4) is 0 Å². The third-order valence-electron chi connectivity index (χ3n) is 2.99. The average Bonchev–Trinajstić information content (AvgIpc) is 2.32. The predicted molar refractivity (Wildman–Crippen MR) is 60.6 cm³/mol. The van der Waals surface area contributed by atoms with Crippen LogP contribution in [0.5, 0.6) is 5.75 Å². The minimum absolute atomic E-state index is 0.123. The summed E-state index contributed by atoms with van der Waals surface area (Å²) < 4.78 is 0. The van der Waals surface area contributed by atoms with Crippen molar-refractivity contribution in [3.63, 3.8) is 0 Å². The first kappa shape index (κ1) is 11.6. The first-order valence-corrected chi connectivity index (χ1v) is 5.54. The molecule has 2 heterocycles. The van der Waals surface area contributed by atoms with Crippen molar-refractivity contribution in [1.29, 1.82) is 0 Å². The molecular weight excluding hydrogens is 220 g/mol. The summed E-state index contributed by atoms with van der Waals surface area (Å²) in [6.45, 7) is 2.65. The van der Waals surface area contributed by atoms with Crippen molar-refractivity contribution in [2.75, 3.05) is 13.1 Å². The maximum Gasteiger partial charge on any atom is 0.257 e. The smallest absolute Gasteiger partial charge is 0.257 e. The summed E-state index contributed by atoms with van der Waals surface area (Å²) >= 11 is 0. The first-order chi connectivity index (χ1) is 8.09. The van der Waals surface area contributed by atoms with Gasteiger partial charge in [0.15, 0.2) is 0 Å². The van der Waals surface area contributed by atoms with Gasteiger partial charge in [0, 0.05) is 31.6 Å². The molecule has 1 aliphatic rings. The average molecular weight is 234 g/mol. The fourth-order valence-electron chi connectivity index (χ4n) is 1.94. The van der Waals surface area contributed by atoms with E-state index in [4.69, 9.17) is 0 Å². The van der Waals surface area contributed by atoms with Crippen LogP contribution in [0.1, 0.15) is 23.7 Å². The van der Waals surface area contributed by atoms with E-state index in [1.807, 2.05) is 6.92 Å². The van der Waals surface area contributed by atoms with Gasteiger partial charge >= 0.3 is 0 Å². The fraction of sp³-hybridized carbons (Fsp3) is 0.417. The first-order valence-electron chi connectivity index (χ1n) is 5.54. The highest BCUT2D eigenvalue weighted by Crippen LogP contribution is 2.20. The minimum Gasteiger partial charge on any atom is -0.505 e. The summed E-state index contributed by atoms with van der Waals surface area (Å²) in [5.41, 5.74) is 0.238. The molecule has 1 N–H and O–H groups in total. The van der Waals surface area contributed by atoms with Gasteiger partial charge in [-0.25, -0.2) is 0 Å². The molecule has 1 aromatic heterocycles. The summed E-state index contributed by atoms with van der Waals surface area (Å²) in [5, 5.41) is 9.55. The lowest BCUT2D eigenvalue weighted by atomic mass is 9.98. The molecule has 0 radical (unpaired) electrons. The minimum atomic E-state index is -0.246. The molecule has 1 amide bonds. The maximum absolute atomic E-state index is 12.1. The van der Waals surface area contributed by atoms with Crippen LogP contribution >= 0.6 is 0 Å². The zero-order valence-electron chi connectivity index (χ0n) is 9.59. The Labute approximate surface area is 99.1 Å². The normalized spacial score (nSPS) is 20.4. The Morgan fingerprint density at radius 3 is 3.00 bits per heavy atom. The number of rotatable bonds is 1. The van der Waals surface area contributed by atoms with Crippen LogP contribution in [0.4, 0.5) is 0 Å². The zero-order valence-corrected chi connectivity index (χ0v) is 9.59. The van der Waals surface area contributed by atoms with E-state index in [9.17, 15) is 14.7 Å². The van der Waals surface area contributed by atoms with E-state index < -0.39 is 0 Å². The second kappa shape index (κ2) is 4.53. The number of Topliss-reactive ketones (excluding diaryl/α,β-unsaturated/α-hetero) is 1.